The second-order valence-corrected chi connectivity index (χ2v) is 8.71. The maximum absolute atomic E-state index is 13.0. The van der Waals surface area contributed by atoms with Gasteiger partial charge in [0.15, 0.2) is 28.8 Å². The minimum atomic E-state index is -0.794. The SMILES string of the molecule is C=C(C)C(=O)Oc1ccc(C(=O)C=Cc2cccc(OC(=O)C(=C)C)c2OC(=O)C(=C)C)cc1OC(=O)C(=C)C. The molecular formula is C31H28O9. The van der Waals surface area contributed by atoms with Crippen LogP contribution in [-0.4, -0.2) is 29.7 Å². The third-order valence-corrected chi connectivity index (χ3v) is 4.85. The van der Waals surface area contributed by atoms with E-state index >= 15 is 0 Å². The first-order chi connectivity index (χ1) is 18.7. The number of para-hydroxylation sites is 1. The number of hydrogen-bond acceptors (Lipinski definition) is 9. The highest BCUT2D eigenvalue weighted by Crippen LogP contribution is 2.34. The van der Waals surface area contributed by atoms with Crippen LogP contribution in [0.15, 0.2) is 91.1 Å². The van der Waals surface area contributed by atoms with Crippen molar-refractivity contribution < 1.29 is 42.9 Å². The molecule has 0 atom stereocenters. The Kier molecular flexibility index (Phi) is 10.4. The molecule has 0 aliphatic heterocycles. The summed E-state index contributed by atoms with van der Waals surface area (Å²) in [5.41, 5.74) is 0.708. The van der Waals surface area contributed by atoms with Crippen LogP contribution in [0.4, 0.5) is 0 Å². The van der Waals surface area contributed by atoms with Crippen LogP contribution in [0.5, 0.6) is 23.0 Å². The average Bonchev–Trinajstić information content (AvgIpc) is 2.88. The van der Waals surface area contributed by atoms with Crippen LogP contribution in [-0.2, 0) is 19.2 Å². The molecule has 0 spiro atoms. The fourth-order valence-electron chi connectivity index (χ4n) is 2.68. The van der Waals surface area contributed by atoms with Gasteiger partial charge in [0, 0.05) is 33.4 Å². The van der Waals surface area contributed by atoms with Crippen LogP contribution in [0.1, 0.15) is 43.6 Å². The molecule has 0 saturated heterocycles. The Balaban J connectivity index is 2.49. The molecule has 0 saturated carbocycles. The average molecular weight is 545 g/mol. The van der Waals surface area contributed by atoms with Gasteiger partial charge in [-0.05, 0) is 64.1 Å². The third-order valence-electron chi connectivity index (χ3n) is 4.85. The van der Waals surface area contributed by atoms with Crippen molar-refractivity contribution in [3.05, 3.63) is 102 Å². The summed E-state index contributed by atoms with van der Waals surface area (Å²) in [6, 6.07) is 8.35. The second kappa shape index (κ2) is 13.5. The Labute approximate surface area is 231 Å². The van der Waals surface area contributed by atoms with Gasteiger partial charge < -0.3 is 18.9 Å². The van der Waals surface area contributed by atoms with E-state index in [0.717, 1.165) is 6.08 Å². The molecule has 0 bridgehead atoms. The van der Waals surface area contributed by atoms with Gasteiger partial charge in [-0.2, -0.15) is 0 Å². The Hall–Kier alpha value is -5.31. The summed E-state index contributed by atoms with van der Waals surface area (Å²) in [7, 11) is 0. The van der Waals surface area contributed by atoms with Gasteiger partial charge >= 0.3 is 23.9 Å². The topological polar surface area (TPSA) is 122 Å². The predicted octanol–water partition coefficient (Wildman–Crippen LogP) is 5.51. The van der Waals surface area contributed by atoms with E-state index in [1.54, 1.807) is 0 Å². The molecule has 0 amide bonds. The van der Waals surface area contributed by atoms with Crippen LogP contribution >= 0.6 is 0 Å². The number of ether oxygens (including phenoxy) is 4. The molecule has 40 heavy (non-hydrogen) atoms. The summed E-state index contributed by atoms with van der Waals surface area (Å²) in [6.07, 6.45) is 2.51. The lowest BCUT2D eigenvalue weighted by atomic mass is 10.1. The van der Waals surface area contributed by atoms with Crippen LogP contribution in [0.2, 0.25) is 0 Å². The Morgan fingerprint density at radius 2 is 1.07 bits per heavy atom. The zero-order valence-corrected chi connectivity index (χ0v) is 22.6. The van der Waals surface area contributed by atoms with Crippen molar-refractivity contribution in [3.8, 4) is 23.0 Å². The number of carbonyl (C=O) groups is 5. The van der Waals surface area contributed by atoms with Crippen molar-refractivity contribution in [1.82, 2.24) is 0 Å². The minimum Gasteiger partial charge on any atom is -0.419 e. The van der Waals surface area contributed by atoms with Crippen LogP contribution in [0.25, 0.3) is 6.08 Å². The first-order valence-electron chi connectivity index (χ1n) is 11.7. The van der Waals surface area contributed by atoms with E-state index in [1.165, 1.54) is 70.2 Å². The maximum atomic E-state index is 13.0. The number of ketones is 1. The van der Waals surface area contributed by atoms with Gasteiger partial charge in [-0.3, -0.25) is 4.79 Å². The van der Waals surface area contributed by atoms with Crippen molar-refractivity contribution >= 4 is 35.7 Å². The monoisotopic (exact) mass is 544 g/mol. The Morgan fingerprint density at radius 1 is 0.600 bits per heavy atom. The lowest BCUT2D eigenvalue weighted by Gasteiger charge is -2.13. The van der Waals surface area contributed by atoms with E-state index < -0.39 is 29.7 Å². The number of hydrogen-bond donors (Lipinski definition) is 0. The number of esters is 4. The molecule has 2 rings (SSSR count). The van der Waals surface area contributed by atoms with Gasteiger partial charge in [0.25, 0.3) is 0 Å². The Bertz CT molecular complexity index is 1490. The van der Waals surface area contributed by atoms with Crippen molar-refractivity contribution in [1.29, 1.82) is 0 Å². The summed E-state index contributed by atoms with van der Waals surface area (Å²) in [4.78, 5) is 61.5. The lowest BCUT2D eigenvalue weighted by Crippen LogP contribution is -2.13. The zero-order chi connectivity index (χ0) is 30.1. The molecule has 9 heteroatoms. The number of rotatable bonds is 11. The van der Waals surface area contributed by atoms with Gasteiger partial charge in [0.1, 0.15) is 0 Å². The van der Waals surface area contributed by atoms with E-state index in [2.05, 4.69) is 26.3 Å². The number of allylic oxidation sites excluding steroid dienone is 1. The number of benzene rings is 2. The largest absolute Gasteiger partial charge is 0.419 e. The molecule has 2 aromatic rings. The van der Waals surface area contributed by atoms with Gasteiger partial charge in [-0.25, -0.2) is 19.2 Å². The highest BCUT2D eigenvalue weighted by molar-refractivity contribution is 6.07. The summed E-state index contributed by atoms with van der Waals surface area (Å²) in [6.45, 7) is 19.9. The molecule has 2 aromatic carbocycles. The maximum Gasteiger partial charge on any atom is 0.338 e. The van der Waals surface area contributed by atoms with Crippen molar-refractivity contribution in [2.24, 2.45) is 0 Å². The quantitative estimate of drug-likeness (QED) is 0.156. The molecule has 9 nitrogen and oxygen atoms in total. The molecule has 0 aromatic heterocycles. The van der Waals surface area contributed by atoms with E-state index in [-0.39, 0.29) is 56.4 Å². The van der Waals surface area contributed by atoms with Crippen molar-refractivity contribution in [2.45, 2.75) is 27.7 Å². The van der Waals surface area contributed by atoms with E-state index in [9.17, 15) is 24.0 Å². The normalized spacial score (nSPS) is 10.3. The van der Waals surface area contributed by atoms with Gasteiger partial charge in [0.2, 0.25) is 0 Å². The summed E-state index contributed by atoms with van der Waals surface area (Å²) in [5.74, 6) is -4.10. The highest BCUT2D eigenvalue weighted by atomic mass is 16.6. The molecule has 0 aliphatic rings. The Morgan fingerprint density at radius 3 is 1.60 bits per heavy atom. The summed E-state index contributed by atoms with van der Waals surface area (Å²) < 4.78 is 21.1. The fraction of sp³-hybridized carbons (Fsp3) is 0.129. The molecule has 206 valence electrons. The van der Waals surface area contributed by atoms with Gasteiger partial charge in [0.05, 0.1) is 0 Å². The molecular weight excluding hydrogens is 516 g/mol. The van der Waals surface area contributed by atoms with Crippen LogP contribution < -0.4 is 18.9 Å². The molecule has 0 unspecified atom stereocenters. The molecule has 0 fully saturated rings. The molecule has 0 aliphatic carbocycles. The van der Waals surface area contributed by atoms with Crippen molar-refractivity contribution in [3.63, 3.8) is 0 Å². The van der Waals surface area contributed by atoms with Crippen LogP contribution in [0.3, 0.4) is 0 Å². The summed E-state index contributed by atoms with van der Waals surface area (Å²) >= 11 is 0. The smallest absolute Gasteiger partial charge is 0.338 e. The number of carbonyl (C=O) groups excluding carboxylic acids is 5. The third kappa shape index (κ3) is 8.35. The molecule has 0 radical (unpaired) electrons. The molecule has 0 heterocycles. The van der Waals surface area contributed by atoms with E-state index in [4.69, 9.17) is 18.9 Å². The zero-order valence-electron chi connectivity index (χ0n) is 22.6. The predicted molar refractivity (Wildman–Crippen MR) is 148 cm³/mol. The first kappa shape index (κ1) is 30.9. The fourth-order valence-corrected chi connectivity index (χ4v) is 2.68. The standard InChI is InChI=1S/C31H28O9/c1-17(2)28(33)37-24-15-13-22(16-26(24)39-30(35)19(5)6)23(32)14-12-21-10-9-11-25(38-29(34)18(3)4)27(21)40-31(36)20(7)8/h9-16H,1,3,5,7H2,2,4,6,8H3. The molecule has 0 N–H and O–H groups in total. The summed E-state index contributed by atoms with van der Waals surface area (Å²) in [5, 5.41) is 0. The van der Waals surface area contributed by atoms with E-state index in [0.29, 0.717) is 0 Å². The highest BCUT2D eigenvalue weighted by Gasteiger charge is 2.19. The van der Waals surface area contributed by atoms with Crippen molar-refractivity contribution in [2.75, 3.05) is 0 Å². The first-order valence-corrected chi connectivity index (χ1v) is 11.7. The van der Waals surface area contributed by atoms with Gasteiger partial charge in [-0.1, -0.05) is 38.4 Å². The minimum absolute atomic E-state index is 0.0706. The van der Waals surface area contributed by atoms with Gasteiger partial charge in [-0.15, -0.1) is 0 Å². The van der Waals surface area contributed by atoms with E-state index in [1.807, 2.05) is 0 Å². The lowest BCUT2D eigenvalue weighted by molar-refractivity contribution is -0.132. The second-order valence-electron chi connectivity index (χ2n) is 8.71. The van der Waals surface area contributed by atoms with Crippen LogP contribution in [0, 0.1) is 0 Å².